The van der Waals surface area contributed by atoms with Crippen molar-refractivity contribution in [1.82, 2.24) is 15.2 Å². The van der Waals surface area contributed by atoms with Crippen molar-refractivity contribution in [1.29, 1.82) is 0 Å². The molecule has 2 N–H and O–H groups in total. The Morgan fingerprint density at radius 1 is 1.36 bits per heavy atom. The number of carbonyl (C=O) groups is 2. The van der Waals surface area contributed by atoms with E-state index in [1.165, 1.54) is 19.2 Å². The number of aromatic amines is 1. The number of urea groups is 1. The number of benzene rings is 1. The minimum Gasteiger partial charge on any atom is -0.467 e. The number of nitrogens with one attached hydrogen (secondary N) is 2. The number of carbonyl (C=O) groups excluding carboxylic acids is 2. The first-order valence-electron chi connectivity index (χ1n) is 8.33. The highest BCUT2D eigenvalue weighted by atomic mass is 19.1. The van der Waals surface area contributed by atoms with Crippen molar-refractivity contribution in [3.63, 3.8) is 0 Å². The molecule has 7 heteroatoms. The van der Waals surface area contributed by atoms with Crippen molar-refractivity contribution in [2.75, 3.05) is 13.7 Å². The zero-order valence-corrected chi connectivity index (χ0v) is 14.6. The van der Waals surface area contributed by atoms with Crippen molar-refractivity contribution in [3.05, 3.63) is 35.3 Å². The van der Waals surface area contributed by atoms with Crippen LogP contribution in [-0.2, 0) is 22.5 Å². The zero-order valence-electron chi connectivity index (χ0n) is 14.6. The number of ether oxygens (including phenoxy) is 1. The Balaban J connectivity index is 1.77. The molecule has 0 aliphatic carbocycles. The number of rotatable bonds is 3. The number of esters is 1. The van der Waals surface area contributed by atoms with E-state index in [0.717, 1.165) is 22.2 Å². The van der Waals surface area contributed by atoms with Gasteiger partial charge in [0, 0.05) is 23.1 Å². The summed E-state index contributed by atoms with van der Waals surface area (Å²) in [6.07, 6.45) is 0.636. The van der Waals surface area contributed by atoms with Gasteiger partial charge in [0.15, 0.2) is 0 Å². The molecule has 1 unspecified atom stereocenters. The third-order valence-electron chi connectivity index (χ3n) is 4.63. The van der Waals surface area contributed by atoms with Crippen LogP contribution in [0.2, 0.25) is 0 Å². The standard InChI is InChI=1S/C18H22FN3O3/c1-10(2)16(17(23)25-3)21-18(24)22-7-6-12-13-8-11(19)4-5-14(13)20-15(12)9-22/h4-5,8,10,16,20H,6-7,9H2,1-3H3,(H,21,24). The van der Waals surface area contributed by atoms with Gasteiger partial charge in [-0.2, -0.15) is 0 Å². The average Bonchev–Trinajstić information content (AvgIpc) is 2.95. The Morgan fingerprint density at radius 2 is 2.12 bits per heavy atom. The molecule has 2 amide bonds. The lowest BCUT2D eigenvalue weighted by molar-refractivity contribution is -0.144. The molecule has 0 saturated carbocycles. The molecular formula is C18H22FN3O3. The number of nitrogens with zero attached hydrogens (tertiary/aromatic N) is 1. The predicted octanol–water partition coefficient (Wildman–Crippen LogP) is 2.57. The van der Waals surface area contributed by atoms with Gasteiger partial charge >= 0.3 is 12.0 Å². The van der Waals surface area contributed by atoms with Crippen molar-refractivity contribution in [2.24, 2.45) is 5.92 Å². The van der Waals surface area contributed by atoms with Crippen LogP contribution in [0.3, 0.4) is 0 Å². The topological polar surface area (TPSA) is 74.4 Å². The van der Waals surface area contributed by atoms with Gasteiger partial charge in [0.1, 0.15) is 11.9 Å². The highest BCUT2D eigenvalue weighted by molar-refractivity contribution is 5.86. The molecule has 2 aromatic rings. The number of halogens is 1. The summed E-state index contributed by atoms with van der Waals surface area (Å²) >= 11 is 0. The minimum atomic E-state index is -0.685. The fourth-order valence-corrected chi connectivity index (χ4v) is 3.24. The van der Waals surface area contributed by atoms with E-state index in [0.29, 0.717) is 19.5 Å². The first kappa shape index (κ1) is 17.3. The monoisotopic (exact) mass is 347 g/mol. The lowest BCUT2D eigenvalue weighted by atomic mass is 10.0. The third-order valence-corrected chi connectivity index (χ3v) is 4.63. The maximum absolute atomic E-state index is 13.5. The number of amides is 2. The lowest BCUT2D eigenvalue weighted by Crippen LogP contribution is -2.51. The molecule has 0 fully saturated rings. The van der Waals surface area contributed by atoms with Crippen LogP contribution in [0.4, 0.5) is 9.18 Å². The Hall–Kier alpha value is -2.57. The molecule has 0 spiro atoms. The fourth-order valence-electron chi connectivity index (χ4n) is 3.24. The maximum atomic E-state index is 13.5. The molecule has 1 atom stereocenters. The summed E-state index contributed by atoms with van der Waals surface area (Å²) in [5.74, 6) is -0.803. The molecule has 1 aliphatic heterocycles. The lowest BCUT2D eigenvalue weighted by Gasteiger charge is -2.29. The second-order valence-electron chi connectivity index (χ2n) is 6.64. The summed E-state index contributed by atoms with van der Waals surface area (Å²) in [5, 5.41) is 3.61. The van der Waals surface area contributed by atoms with E-state index in [1.54, 1.807) is 11.0 Å². The highest BCUT2D eigenvalue weighted by Gasteiger charge is 2.29. The first-order valence-corrected chi connectivity index (χ1v) is 8.33. The number of methoxy groups -OCH3 is 1. The largest absolute Gasteiger partial charge is 0.467 e. The molecule has 6 nitrogen and oxygen atoms in total. The summed E-state index contributed by atoms with van der Waals surface area (Å²) in [6, 6.07) is 3.65. The van der Waals surface area contributed by atoms with Gasteiger partial charge in [-0.3, -0.25) is 0 Å². The van der Waals surface area contributed by atoms with Crippen LogP contribution in [0.15, 0.2) is 18.2 Å². The molecule has 1 aromatic heterocycles. The third kappa shape index (κ3) is 3.31. The molecule has 3 rings (SSSR count). The minimum absolute atomic E-state index is 0.0761. The fraction of sp³-hybridized carbons (Fsp3) is 0.444. The summed E-state index contributed by atoms with van der Waals surface area (Å²) < 4.78 is 18.2. The number of aromatic nitrogens is 1. The van der Waals surface area contributed by atoms with Crippen LogP contribution in [0.25, 0.3) is 10.9 Å². The van der Waals surface area contributed by atoms with Crippen LogP contribution in [-0.4, -0.2) is 41.6 Å². The number of hydrogen-bond acceptors (Lipinski definition) is 3. The van der Waals surface area contributed by atoms with Crippen LogP contribution in [0.5, 0.6) is 0 Å². The Morgan fingerprint density at radius 3 is 2.80 bits per heavy atom. The Kier molecular flexibility index (Phi) is 4.65. The normalized spacial score (nSPS) is 15.2. The van der Waals surface area contributed by atoms with Crippen LogP contribution >= 0.6 is 0 Å². The van der Waals surface area contributed by atoms with Crippen molar-refractivity contribution < 1.29 is 18.7 Å². The van der Waals surface area contributed by atoms with Crippen molar-refractivity contribution in [3.8, 4) is 0 Å². The predicted molar refractivity (Wildman–Crippen MR) is 91.5 cm³/mol. The van der Waals surface area contributed by atoms with Crippen LogP contribution in [0.1, 0.15) is 25.1 Å². The van der Waals surface area contributed by atoms with E-state index in [-0.39, 0.29) is 17.8 Å². The van der Waals surface area contributed by atoms with E-state index in [4.69, 9.17) is 4.74 Å². The van der Waals surface area contributed by atoms with Gasteiger partial charge in [-0.15, -0.1) is 0 Å². The number of fused-ring (bicyclic) bond motifs is 3. The molecule has 134 valence electrons. The van der Waals surface area contributed by atoms with E-state index in [9.17, 15) is 14.0 Å². The Bertz CT molecular complexity index is 815. The Labute approximate surface area is 145 Å². The van der Waals surface area contributed by atoms with Gasteiger partial charge in [-0.25, -0.2) is 14.0 Å². The summed E-state index contributed by atoms with van der Waals surface area (Å²) in [6.45, 7) is 4.60. The van der Waals surface area contributed by atoms with Gasteiger partial charge < -0.3 is 19.9 Å². The molecule has 25 heavy (non-hydrogen) atoms. The van der Waals surface area contributed by atoms with Crippen LogP contribution < -0.4 is 5.32 Å². The molecule has 1 aromatic carbocycles. The molecule has 0 radical (unpaired) electrons. The summed E-state index contributed by atoms with van der Waals surface area (Å²) in [4.78, 5) is 29.3. The number of hydrogen-bond donors (Lipinski definition) is 2. The van der Waals surface area contributed by atoms with E-state index >= 15 is 0 Å². The second-order valence-corrected chi connectivity index (χ2v) is 6.64. The number of H-pyrrole nitrogens is 1. The van der Waals surface area contributed by atoms with E-state index in [2.05, 4.69) is 10.3 Å². The highest BCUT2D eigenvalue weighted by Crippen LogP contribution is 2.28. The molecular weight excluding hydrogens is 325 g/mol. The average molecular weight is 347 g/mol. The van der Waals surface area contributed by atoms with Gasteiger partial charge in [0.2, 0.25) is 0 Å². The smallest absolute Gasteiger partial charge is 0.328 e. The SMILES string of the molecule is COC(=O)C(NC(=O)N1CCc2c([nH]c3ccc(F)cc23)C1)C(C)C. The quantitative estimate of drug-likeness (QED) is 0.838. The van der Waals surface area contributed by atoms with E-state index in [1.807, 2.05) is 13.8 Å². The zero-order chi connectivity index (χ0) is 18.1. The maximum Gasteiger partial charge on any atom is 0.328 e. The van der Waals surface area contributed by atoms with Crippen molar-refractivity contribution >= 4 is 22.9 Å². The summed E-state index contributed by atoms with van der Waals surface area (Å²) in [7, 11) is 1.31. The molecule has 0 bridgehead atoms. The first-order chi connectivity index (χ1) is 11.9. The molecule has 2 heterocycles. The second kappa shape index (κ2) is 6.74. The van der Waals surface area contributed by atoms with Gasteiger partial charge in [0.05, 0.1) is 13.7 Å². The molecule has 0 saturated heterocycles. The van der Waals surface area contributed by atoms with Crippen molar-refractivity contribution in [2.45, 2.75) is 32.9 Å². The molecule has 1 aliphatic rings. The van der Waals surface area contributed by atoms with Gasteiger partial charge in [0.25, 0.3) is 0 Å². The van der Waals surface area contributed by atoms with E-state index < -0.39 is 12.0 Å². The summed E-state index contributed by atoms with van der Waals surface area (Å²) in [5.41, 5.74) is 2.82. The van der Waals surface area contributed by atoms with Crippen LogP contribution in [0, 0.1) is 11.7 Å². The van der Waals surface area contributed by atoms with Gasteiger partial charge in [-0.1, -0.05) is 13.8 Å². The van der Waals surface area contributed by atoms with Gasteiger partial charge in [-0.05, 0) is 36.1 Å².